The van der Waals surface area contributed by atoms with Crippen molar-refractivity contribution in [3.8, 4) is 50.2 Å². The fourth-order valence-corrected chi connectivity index (χ4v) is 12.3. The molecule has 1 aliphatic heterocycles. The fraction of sp³-hybridized carbons (Fsp3) is 0.0625. The first-order chi connectivity index (χ1) is 32.5. The Morgan fingerprint density at radius 1 is 0.348 bits per heavy atom. The van der Waals surface area contributed by atoms with Crippen LogP contribution in [0.4, 0.5) is 17.1 Å². The normalized spacial score (nSPS) is 14.2. The van der Waals surface area contributed by atoms with Gasteiger partial charge in [0.05, 0.1) is 27.8 Å². The first-order valence-corrected chi connectivity index (χ1v) is 23.2. The van der Waals surface area contributed by atoms with Crippen molar-refractivity contribution in [1.82, 2.24) is 4.57 Å². The summed E-state index contributed by atoms with van der Waals surface area (Å²) in [6, 6.07) is 86.3. The van der Waals surface area contributed by atoms with E-state index in [0.29, 0.717) is 0 Å². The molecule has 2 aliphatic carbocycles. The highest BCUT2D eigenvalue weighted by molar-refractivity contribution is 6.13. The number of anilines is 3. The van der Waals surface area contributed by atoms with Gasteiger partial charge in [0.2, 0.25) is 0 Å². The molecule has 0 bridgehead atoms. The number of para-hydroxylation sites is 3. The van der Waals surface area contributed by atoms with Crippen LogP contribution in [0.2, 0.25) is 0 Å². The Labute approximate surface area is 385 Å². The van der Waals surface area contributed by atoms with Crippen LogP contribution in [0.25, 0.3) is 72.0 Å². The van der Waals surface area contributed by atoms with Crippen LogP contribution in [0.15, 0.2) is 231 Å². The van der Waals surface area contributed by atoms with E-state index in [1.165, 1.54) is 105 Å². The number of hydrogen-bond donors (Lipinski definition) is 0. The summed E-state index contributed by atoms with van der Waals surface area (Å²) in [7, 11) is 0. The van der Waals surface area contributed by atoms with E-state index in [4.69, 9.17) is 0 Å². The number of nitrogens with zero attached hydrogens (tertiary/aromatic N) is 2. The van der Waals surface area contributed by atoms with Crippen LogP contribution in [0.3, 0.4) is 0 Å². The number of hydrogen-bond acceptors (Lipinski definition) is 1. The summed E-state index contributed by atoms with van der Waals surface area (Å²) in [5.41, 5.74) is 24.4. The lowest BCUT2D eigenvalue weighted by Gasteiger charge is -2.40. The summed E-state index contributed by atoms with van der Waals surface area (Å²) < 4.78 is 2.57. The standard InChI is InChI=1S/C64H44N2/c1-63(2)53-25-11-6-20-47(53)50-37-35-44(39-58(50)63)65(59-29-14-9-19-46(59)43-33-31-42(32-34-43)41-17-4-3-5-18-41)45-36-38-56-61(40-45)66-60-30-15-10-23-51(60)52-24-16-28-57(62(52)66)64(56)54-26-12-7-21-48(54)49-22-8-13-27-55(49)64/h3-40H,1-2H3. The van der Waals surface area contributed by atoms with E-state index in [1.807, 2.05) is 0 Å². The zero-order chi connectivity index (χ0) is 43.7. The molecule has 0 radical (unpaired) electrons. The molecule has 0 saturated heterocycles. The molecular formula is C64H44N2. The van der Waals surface area contributed by atoms with Crippen molar-refractivity contribution in [3.63, 3.8) is 0 Å². The molecule has 66 heavy (non-hydrogen) atoms. The molecule has 3 aliphatic rings. The van der Waals surface area contributed by atoms with Gasteiger partial charge >= 0.3 is 0 Å². The fourth-order valence-electron chi connectivity index (χ4n) is 12.3. The lowest BCUT2D eigenvalue weighted by Crippen LogP contribution is -2.33. The summed E-state index contributed by atoms with van der Waals surface area (Å²) in [5.74, 6) is 0. The molecule has 1 spiro atoms. The molecule has 14 rings (SSSR count). The lowest BCUT2D eigenvalue weighted by molar-refractivity contribution is 0.660. The molecule has 2 nitrogen and oxygen atoms in total. The Balaban J connectivity index is 1.05. The van der Waals surface area contributed by atoms with Gasteiger partial charge in [0.15, 0.2) is 0 Å². The maximum atomic E-state index is 2.57. The molecule has 0 amide bonds. The van der Waals surface area contributed by atoms with Gasteiger partial charge in [-0.3, -0.25) is 0 Å². The van der Waals surface area contributed by atoms with Crippen LogP contribution in [-0.2, 0) is 10.8 Å². The van der Waals surface area contributed by atoms with Crippen molar-refractivity contribution in [1.29, 1.82) is 0 Å². The molecule has 310 valence electrons. The van der Waals surface area contributed by atoms with Crippen molar-refractivity contribution in [2.45, 2.75) is 24.7 Å². The van der Waals surface area contributed by atoms with Crippen molar-refractivity contribution in [3.05, 3.63) is 264 Å². The number of rotatable bonds is 5. The first kappa shape index (κ1) is 37.2. The van der Waals surface area contributed by atoms with Crippen molar-refractivity contribution < 1.29 is 0 Å². The van der Waals surface area contributed by atoms with Crippen LogP contribution < -0.4 is 4.90 Å². The Hall–Kier alpha value is -8.20. The summed E-state index contributed by atoms with van der Waals surface area (Å²) in [5, 5.41) is 2.55. The molecule has 11 aromatic rings. The van der Waals surface area contributed by atoms with E-state index >= 15 is 0 Å². The first-order valence-electron chi connectivity index (χ1n) is 23.2. The van der Waals surface area contributed by atoms with E-state index < -0.39 is 5.41 Å². The van der Waals surface area contributed by atoms with Gasteiger partial charge in [-0.2, -0.15) is 0 Å². The predicted molar refractivity (Wildman–Crippen MR) is 275 cm³/mol. The molecule has 0 N–H and O–H groups in total. The molecule has 0 unspecified atom stereocenters. The van der Waals surface area contributed by atoms with E-state index in [2.05, 4.69) is 254 Å². The average Bonchev–Trinajstić information content (AvgIpc) is 3.96. The molecular weight excluding hydrogens is 797 g/mol. The van der Waals surface area contributed by atoms with E-state index in [-0.39, 0.29) is 5.41 Å². The lowest BCUT2D eigenvalue weighted by atomic mass is 9.65. The molecule has 2 heteroatoms. The third-order valence-corrected chi connectivity index (χ3v) is 15.2. The topological polar surface area (TPSA) is 8.17 Å². The van der Waals surface area contributed by atoms with Crippen LogP contribution in [-0.4, -0.2) is 4.57 Å². The number of aromatic nitrogens is 1. The summed E-state index contributed by atoms with van der Waals surface area (Å²) in [6.45, 7) is 4.76. The minimum atomic E-state index is -0.516. The summed E-state index contributed by atoms with van der Waals surface area (Å²) in [6.07, 6.45) is 0. The average molecular weight is 841 g/mol. The molecule has 2 heterocycles. The van der Waals surface area contributed by atoms with E-state index in [1.54, 1.807) is 0 Å². The Morgan fingerprint density at radius 2 is 0.879 bits per heavy atom. The van der Waals surface area contributed by atoms with Crippen molar-refractivity contribution >= 4 is 38.9 Å². The zero-order valence-corrected chi connectivity index (χ0v) is 36.8. The second kappa shape index (κ2) is 13.7. The summed E-state index contributed by atoms with van der Waals surface area (Å²) in [4.78, 5) is 2.52. The molecule has 0 saturated carbocycles. The van der Waals surface area contributed by atoms with Gasteiger partial charge in [-0.15, -0.1) is 0 Å². The monoisotopic (exact) mass is 840 g/mol. The Morgan fingerprint density at radius 3 is 1.64 bits per heavy atom. The van der Waals surface area contributed by atoms with Gasteiger partial charge in [-0.1, -0.05) is 208 Å². The van der Waals surface area contributed by atoms with Crippen LogP contribution >= 0.6 is 0 Å². The Kier molecular flexibility index (Phi) is 7.70. The Bertz CT molecular complexity index is 3750. The minimum Gasteiger partial charge on any atom is -0.310 e. The molecule has 0 atom stereocenters. The SMILES string of the molecule is CC1(C)c2ccccc2-c2ccc(N(c3ccc4c(c3)-n3c5ccccc5c5cccc(c53)C43c4ccccc4-c4ccccc43)c3ccccc3-c3ccc(-c4ccccc4)cc3)cc21. The van der Waals surface area contributed by atoms with Gasteiger partial charge in [0, 0.05) is 33.1 Å². The smallest absolute Gasteiger partial charge is 0.0754 e. The maximum Gasteiger partial charge on any atom is 0.0754 e. The third-order valence-electron chi connectivity index (χ3n) is 15.2. The second-order valence-corrected chi connectivity index (χ2v) is 18.8. The maximum absolute atomic E-state index is 2.57. The number of fused-ring (bicyclic) bond motifs is 15. The van der Waals surface area contributed by atoms with Crippen molar-refractivity contribution in [2.24, 2.45) is 0 Å². The highest BCUT2D eigenvalue weighted by atomic mass is 15.1. The van der Waals surface area contributed by atoms with Crippen molar-refractivity contribution in [2.75, 3.05) is 4.90 Å². The van der Waals surface area contributed by atoms with Gasteiger partial charge < -0.3 is 9.47 Å². The minimum absolute atomic E-state index is 0.161. The highest BCUT2D eigenvalue weighted by Gasteiger charge is 2.51. The van der Waals surface area contributed by atoms with E-state index in [9.17, 15) is 0 Å². The predicted octanol–water partition coefficient (Wildman–Crippen LogP) is 16.6. The van der Waals surface area contributed by atoms with Crippen LogP contribution in [0.1, 0.15) is 47.2 Å². The van der Waals surface area contributed by atoms with Gasteiger partial charge in [-0.05, 0) is 109 Å². The zero-order valence-electron chi connectivity index (χ0n) is 36.8. The quantitative estimate of drug-likeness (QED) is 0.168. The van der Waals surface area contributed by atoms with Gasteiger partial charge in [0.1, 0.15) is 0 Å². The van der Waals surface area contributed by atoms with Gasteiger partial charge in [-0.25, -0.2) is 0 Å². The summed E-state index contributed by atoms with van der Waals surface area (Å²) >= 11 is 0. The highest BCUT2D eigenvalue weighted by Crippen LogP contribution is 2.62. The molecule has 1 aromatic heterocycles. The largest absolute Gasteiger partial charge is 0.310 e. The molecule has 10 aromatic carbocycles. The van der Waals surface area contributed by atoms with Crippen LogP contribution in [0, 0.1) is 0 Å². The third kappa shape index (κ3) is 4.91. The van der Waals surface area contributed by atoms with E-state index in [0.717, 1.165) is 17.1 Å². The number of benzene rings is 10. The van der Waals surface area contributed by atoms with Crippen LogP contribution in [0.5, 0.6) is 0 Å². The van der Waals surface area contributed by atoms with Gasteiger partial charge in [0.25, 0.3) is 0 Å². The second-order valence-electron chi connectivity index (χ2n) is 18.8. The molecule has 0 fully saturated rings.